The third kappa shape index (κ3) is 3.69. The zero-order valence-corrected chi connectivity index (χ0v) is 11.0. The van der Waals surface area contributed by atoms with Crippen molar-refractivity contribution in [1.29, 1.82) is 0 Å². The van der Waals surface area contributed by atoms with E-state index in [0.29, 0.717) is 5.92 Å². The molecule has 1 N–H and O–H groups in total. The summed E-state index contributed by atoms with van der Waals surface area (Å²) in [5.41, 5.74) is 1.44. The summed E-state index contributed by atoms with van der Waals surface area (Å²) in [5.74, 6) is 0.614. The van der Waals surface area contributed by atoms with Crippen molar-refractivity contribution >= 4 is 11.3 Å². The van der Waals surface area contributed by atoms with Crippen LogP contribution >= 0.6 is 11.3 Å². The predicted molar refractivity (Wildman–Crippen MR) is 75.7 cm³/mol. The molecule has 0 aliphatic rings. The van der Waals surface area contributed by atoms with Crippen molar-refractivity contribution in [2.24, 2.45) is 0 Å². The van der Waals surface area contributed by atoms with Crippen LogP contribution in [-0.2, 0) is 6.42 Å². The highest BCUT2D eigenvalue weighted by atomic mass is 32.1. The maximum Gasteiger partial charge on any atom is 0.00454 e. The summed E-state index contributed by atoms with van der Waals surface area (Å²) in [4.78, 5) is 1.49. The van der Waals surface area contributed by atoms with E-state index in [1.165, 1.54) is 23.3 Å². The lowest BCUT2D eigenvalue weighted by molar-refractivity contribution is 0.586. The molecule has 1 atom stereocenters. The van der Waals surface area contributed by atoms with E-state index in [9.17, 15) is 0 Å². The molecular weight excluding hydrogens is 226 g/mol. The molecule has 0 saturated carbocycles. The van der Waals surface area contributed by atoms with Gasteiger partial charge in [0.05, 0.1) is 0 Å². The number of aryl methyl sites for hydroxylation is 1. The quantitative estimate of drug-likeness (QED) is 0.818. The third-order valence-corrected chi connectivity index (χ3v) is 3.98. The molecule has 2 heteroatoms. The van der Waals surface area contributed by atoms with Gasteiger partial charge in [-0.15, -0.1) is 11.3 Å². The Hall–Kier alpha value is -1.12. The van der Waals surface area contributed by atoms with E-state index < -0.39 is 0 Å². The van der Waals surface area contributed by atoms with Crippen LogP contribution in [0.3, 0.4) is 0 Å². The van der Waals surface area contributed by atoms with Gasteiger partial charge in [-0.1, -0.05) is 36.4 Å². The van der Waals surface area contributed by atoms with E-state index in [0.717, 1.165) is 6.54 Å². The van der Waals surface area contributed by atoms with Crippen LogP contribution in [-0.4, -0.2) is 13.6 Å². The van der Waals surface area contributed by atoms with Crippen molar-refractivity contribution < 1.29 is 0 Å². The van der Waals surface area contributed by atoms with Crippen molar-refractivity contribution in [2.75, 3.05) is 13.6 Å². The van der Waals surface area contributed by atoms with Gasteiger partial charge in [-0.25, -0.2) is 0 Å². The Morgan fingerprint density at radius 1 is 1.12 bits per heavy atom. The Morgan fingerprint density at radius 3 is 2.59 bits per heavy atom. The van der Waals surface area contributed by atoms with Crippen molar-refractivity contribution in [1.82, 2.24) is 5.32 Å². The van der Waals surface area contributed by atoms with Crippen molar-refractivity contribution in [3.05, 3.63) is 58.3 Å². The van der Waals surface area contributed by atoms with E-state index in [1.807, 2.05) is 18.4 Å². The number of thiophene rings is 1. The molecule has 1 unspecified atom stereocenters. The smallest absolute Gasteiger partial charge is 0.00454 e. The highest BCUT2D eigenvalue weighted by Gasteiger charge is 2.10. The monoisotopic (exact) mass is 245 g/mol. The lowest BCUT2D eigenvalue weighted by Gasteiger charge is -2.16. The molecule has 0 amide bonds. The van der Waals surface area contributed by atoms with Crippen LogP contribution < -0.4 is 5.32 Å². The first-order chi connectivity index (χ1) is 8.40. The molecule has 0 bridgehead atoms. The number of benzene rings is 1. The number of likely N-dealkylation sites (N-methyl/N-ethyl adjacent to an activating group) is 1. The molecule has 0 fully saturated rings. The van der Waals surface area contributed by atoms with Crippen LogP contribution in [0.4, 0.5) is 0 Å². The Bertz CT molecular complexity index is 408. The molecule has 1 heterocycles. The van der Waals surface area contributed by atoms with E-state index in [4.69, 9.17) is 0 Å². The normalized spacial score (nSPS) is 12.5. The summed E-state index contributed by atoms with van der Waals surface area (Å²) in [5, 5.41) is 5.46. The molecule has 1 aromatic heterocycles. The van der Waals surface area contributed by atoms with Gasteiger partial charge in [0.2, 0.25) is 0 Å². The number of nitrogens with one attached hydrogen (secondary N) is 1. The average molecular weight is 245 g/mol. The first-order valence-electron chi connectivity index (χ1n) is 6.12. The summed E-state index contributed by atoms with van der Waals surface area (Å²) >= 11 is 1.86. The van der Waals surface area contributed by atoms with E-state index in [1.54, 1.807) is 0 Å². The highest BCUT2D eigenvalue weighted by Crippen LogP contribution is 2.22. The lowest BCUT2D eigenvalue weighted by Crippen LogP contribution is -2.17. The molecule has 90 valence electrons. The van der Waals surface area contributed by atoms with E-state index in [2.05, 4.69) is 53.2 Å². The molecule has 0 spiro atoms. The minimum absolute atomic E-state index is 0.614. The van der Waals surface area contributed by atoms with Crippen molar-refractivity contribution in [3.63, 3.8) is 0 Å². The number of hydrogen-bond acceptors (Lipinski definition) is 2. The summed E-state index contributed by atoms with van der Waals surface area (Å²) < 4.78 is 0. The second-order valence-corrected chi connectivity index (χ2v) is 5.32. The standard InChI is InChI=1S/C15H19NS/c1-16-12-14(13-6-3-2-4-7-13)9-10-15-8-5-11-17-15/h2-8,11,14,16H,9-10,12H2,1H3. The molecule has 2 rings (SSSR count). The van der Waals surface area contributed by atoms with Gasteiger partial charge in [0, 0.05) is 11.4 Å². The first kappa shape index (κ1) is 12.3. The fraction of sp³-hybridized carbons (Fsp3) is 0.333. The maximum absolute atomic E-state index is 3.30. The molecule has 0 radical (unpaired) electrons. The Kier molecular flexibility index (Phi) is 4.77. The van der Waals surface area contributed by atoms with Gasteiger partial charge in [-0.2, -0.15) is 0 Å². The first-order valence-corrected chi connectivity index (χ1v) is 7.00. The van der Waals surface area contributed by atoms with Crippen LogP contribution in [0.1, 0.15) is 22.8 Å². The van der Waals surface area contributed by atoms with Gasteiger partial charge in [-0.05, 0) is 42.8 Å². The van der Waals surface area contributed by atoms with Crippen LogP contribution in [0.2, 0.25) is 0 Å². The topological polar surface area (TPSA) is 12.0 Å². The molecule has 2 aromatic rings. The summed E-state index contributed by atoms with van der Waals surface area (Å²) in [6.45, 7) is 1.05. The minimum atomic E-state index is 0.614. The van der Waals surface area contributed by atoms with Crippen LogP contribution in [0.15, 0.2) is 47.8 Å². The van der Waals surface area contributed by atoms with Gasteiger partial charge in [0.15, 0.2) is 0 Å². The molecule has 0 aliphatic carbocycles. The fourth-order valence-electron chi connectivity index (χ4n) is 2.13. The Balaban J connectivity index is 1.98. The number of hydrogen-bond donors (Lipinski definition) is 1. The highest BCUT2D eigenvalue weighted by molar-refractivity contribution is 7.09. The minimum Gasteiger partial charge on any atom is -0.319 e. The third-order valence-electron chi connectivity index (χ3n) is 3.04. The van der Waals surface area contributed by atoms with Gasteiger partial charge in [0.25, 0.3) is 0 Å². The van der Waals surface area contributed by atoms with Gasteiger partial charge < -0.3 is 5.32 Å². The molecule has 1 nitrogen and oxygen atoms in total. The van der Waals surface area contributed by atoms with Gasteiger partial charge >= 0.3 is 0 Å². The number of rotatable bonds is 6. The molecular formula is C15H19NS. The molecule has 0 aliphatic heterocycles. The fourth-order valence-corrected chi connectivity index (χ4v) is 2.85. The predicted octanol–water partition coefficient (Wildman–Crippen LogP) is 3.68. The summed E-state index contributed by atoms with van der Waals surface area (Å²) in [6, 6.07) is 15.2. The van der Waals surface area contributed by atoms with Crippen LogP contribution in [0.5, 0.6) is 0 Å². The summed E-state index contributed by atoms with van der Waals surface area (Å²) in [6.07, 6.45) is 2.39. The summed E-state index contributed by atoms with van der Waals surface area (Å²) in [7, 11) is 2.03. The Labute approximate surface area is 108 Å². The second-order valence-electron chi connectivity index (χ2n) is 4.28. The molecule has 1 aromatic carbocycles. The van der Waals surface area contributed by atoms with E-state index in [-0.39, 0.29) is 0 Å². The maximum atomic E-state index is 3.30. The van der Waals surface area contributed by atoms with E-state index >= 15 is 0 Å². The largest absolute Gasteiger partial charge is 0.319 e. The lowest BCUT2D eigenvalue weighted by atomic mass is 9.94. The van der Waals surface area contributed by atoms with Crippen LogP contribution in [0, 0.1) is 0 Å². The average Bonchev–Trinajstić information content (AvgIpc) is 2.88. The van der Waals surface area contributed by atoms with Crippen molar-refractivity contribution in [3.8, 4) is 0 Å². The van der Waals surface area contributed by atoms with Crippen LogP contribution in [0.25, 0.3) is 0 Å². The van der Waals surface area contributed by atoms with Gasteiger partial charge in [0.1, 0.15) is 0 Å². The molecule has 17 heavy (non-hydrogen) atoms. The zero-order chi connectivity index (χ0) is 11.9. The molecule has 0 saturated heterocycles. The van der Waals surface area contributed by atoms with Gasteiger partial charge in [-0.3, -0.25) is 0 Å². The van der Waals surface area contributed by atoms with Crippen molar-refractivity contribution in [2.45, 2.75) is 18.8 Å². The Morgan fingerprint density at radius 2 is 1.94 bits per heavy atom. The SMILES string of the molecule is CNCC(CCc1cccs1)c1ccccc1. The zero-order valence-electron chi connectivity index (χ0n) is 10.2. The second kappa shape index (κ2) is 6.58.